The van der Waals surface area contributed by atoms with Gasteiger partial charge in [0.1, 0.15) is 0 Å². The molecule has 2 atom stereocenters. The maximum Gasteiger partial charge on any atom is 0.254 e. The molecule has 1 aliphatic rings. The van der Waals surface area contributed by atoms with Crippen molar-refractivity contribution in [2.45, 2.75) is 37.8 Å². The molecule has 0 radical (unpaired) electrons. The number of benzene rings is 1. The Labute approximate surface area is 119 Å². The third-order valence-electron chi connectivity index (χ3n) is 3.54. The van der Waals surface area contributed by atoms with Crippen LogP contribution < -0.4 is 0 Å². The quantitative estimate of drug-likeness (QED) is 0.780. The summed E-state index contributed by atoms with van der Waals surface area (Å²) in [6.07, 6.45) is 2.14. The number of carbonyl (C=O) groups excluding carboxylic acids is 1. The zero-order chi connectivity index (χ0) is 14.0. The summed E-state index contributed by atoms with van der Waals surface area (Å²) in [5, 5.41) is 0. The van der Waals surface area contributed by atoms with E-state index in [4.69, 9.17) is 4.74 Å². The smallest absolute Gasteiger partial charge is 0.254 e. The van der Waals surface area contributed by atoms with Gasteiger partial charge in [-0.3, -0.25) is 4.79 Å². The first-order chi connectivity index (χ1) is 9.02. The van der Waals surface area contributed by atoms with Crippen LogP contribution in [0.1, 0.15) is 29.8 Å². The predicted octanol–water partition coefficient (Wildman–Crippen LogP) is 2.97. The number of hydrogen-bond donors (Lipinski definition) is 0. The van der Waals surface area contributed by atoms with E-state index in [2.05, 4.69) is 6.07 Å². The van der Waals surface area contributed by atoms with Crippen molar-refractivity contribution in [1.29, 1.82) is 0 Å². The molecule has 1 saturated heterocycles. The van der Waals surface area contributed by atoms with Crippen LogP contribution in [0.4, 0.5) is 0 Å². The molecule has 1 aromatic rings. The molecule has 0 aliphatic carbocycles. The van der Waals surface area contributed by atoms with E-state index in [9.17, 15) is 4.79 Å². The first kappa shape index (κ1) is 14.4. The van der Waals surface area contributed by atoms with Crippen LogP contribution in [0.5, 0.6) is 0 Å². The molecule has 2 unspecified atom stereocenters. The standard InChI is InChI=1S/C15H21NO2S/c1-10-5-6-13(19-4)7-14(10)15(17)16-8-12(3)18-9-11(16)2/h5-7,11-12H,8-9H2,1-4H3. The van der Waals surface area contributed by atoms with Crippen molar-refractivity contribution in [3.8, 4) is 0 Å². The molecule has 4 heteroatoms. The molecule has 0 aromatic heterocycles. The first-order valence-electron chi connectivity index (χ1n) is 6.60. The van der Waals surface area contributed by atoms with Crippen molar-refractivity contribution in [3.05, 3.63) is 29.3 Å². The number of thioether (sulfide) groups is 1. The van der Waals surface area contributed by atoms with Crippen molar-refractivity contribution < 1.29 is 9.53 Å². The molecule has 1 heterocycles. The maximum atomic E-state index is 12.7. The number of hydrogen-bond acceptors (Lipinski definition) is 3. The van der Waals surface area contributed by atoms with E-state index in [1.165, 1.54) is 0 Å². The van der Waals surface area contributed by atoms with Gasteiger partial charge < -0.3 is 9.64 Å². The normalized spacial score (nSPS) is 23.5. The summed E-state index contributed by atoms with van der Waals surface area (Å²) in [5.74, 6) is 0.121. The van der Waals surface area contributed by atoms with Crippen molar-refractivity contribution in [2.24, 2.45) is 0 Å². The summed E-state index contributed by atoms with van der Waals surface area (Å²) in [5.41, 5.74) is 1.85. The Morgan fingerprint density at radius 2 is 2.16 bits per heavy atom. The van der Waals surface area contributed by atoms with Crippen LogP contribution in [0.25, 0.3) is 0 Å². The molecule has 1 amide bonds. The highest BCUT2D eigenvalue weighted by Gasteiger charge is 2.28. The molecule has 3 nitrogen and oxygen atoms in total. The third kappa shape index (κ3) is 3.12. The molecule has 1 fully saturated rings. The lowest BCUT2D eigenvalue weighted by molar-refractivity contribution is -0.0387. The van der Waals surface area contributed by atoms with Gasteiger partial charge in [-0.2, -0.15) is 0 Å². The molecule has 0 N–H and O–H groups in total. The van der Waals surface area contributed by atoms with Crippen molar-refractivity contribution in [1.82, 2.24) is 4.90 Å². The number of amides is 1. The van der Waals surface area contributed by atoms with Gasteiger partial charge in [-0.15, -0.1) is 11.8 Å². The summed E-state index contributed by atoms with van der Waals surface area (Å²) in [6.45, 7) is 7.33. The first-order valence-corrected chi connectivity index (χ1v) is 7.82. The Kier molecular flexibility index (Phi) is 4.53. The highest BCUT2D eigenvalue weighted by atomic mass is 32.2. The molecule has 0 spiro atoms. The third-order valence-corrected chi connectivity index (χ3v) is 4.27. The minimum atomic E-state index is 0.115. The van der Waals surface area contributed by atoms with E-state index in [1.54, 1.807) is 11.8 Å². The number of morpholine rings is 1. The summed E-state index contributed by atoms with van der Waals surface area (Å²) in [4.78, 5) is 15.8. The van der Waals surface area contributed by atoms with Crippen molar-refractivity contribution >= 4 is 17.7 Å². The zero-order valence-electron chi connectivity index (χ0n) is 12.0. The van der Waals surface area contributed by atoms with Crippen LogP contribution in [0.2, 0.25) is 0 Å². The Bertz CT molecular complexity index is 475. The number of ether oxygens (including phenoxy) is 1. The van der Waals surface area contributed by atoms with Gasteiger partial charge in [-0.25, -0.2) is 0 Å². The highest BCUT2D eigenvalue weighted by Crippen LogP contribution is 2.22. The van der Waals surface area contributed by atoms with Gasteiger partial charge in [-0.05, 0) is 44.7 Å². The Balaban J connectivity index is 2.27. The molecular formula is C15H21NO2S. The topological polar surface area (TPSA) is 29.5 Å². The van der Waals surface area contributed by atoms with E-state index in [1.807, 2.05) is 44.1 Å². The van der Waals surface area contributed by atoms with E-state index < -0.39 is 0 Å². The maximum absolute atomic E-state index is 12.7. The minimum Gasteiger partial charge on any atom is -0.375 e. The number of rotatable bonds is 2. The fraction of sp³-hybridized carbons (Fsp3) is 0.533. The van der Waals surface area contributed by atoms with Crippen molar-refractivity contribution in [2.75, 3.05) is 19.4 Å². The predicted molar refractivity (Wildman–Crippen MR) is 78.9 cm³/mol. The molecule has 1 aliphatic heterocycles. The lowest BCUT2D eigenvalue weighted by Gasteiger charge is -2.37. The van der Waals surface area contributed by atoms with Gasteiger partial charge >= 0.3 is 0 Å². The summed E-state index contributed by atoms with van der Waals surface area (Å²) >= 11 is 1.66. The van der Waals surface area contributed by atoms with Crippen LogP contribution in [0, 0.1) is 6.92 Å². The van der Waals surface area contributed by atoms with E-state index >= 15 is 0 Å². The Morgan fingerprint density at radius 3 is 2.84 bits per heavy atom. The van der Waals surface area contributed by atoms with Crippen LogP contribution in [0.15, 0.2) is 23.1 Å². The Hall–Kier alpha value is -1.00. The lowest BCUT2D eigenvalue weighted by atomic mass is 10.1. The molecule has 104 valence electrons. The monoisotopic (exact) mass is 279 g/mol. The lowest BCUT2D eigenvalue weighted by Crippen LogP contribution is -2.50. The average molecular weight is 279 g/mol. The molecule has 0 bridgehead atoms. The molecular weight excluding hydrogens is 258 g/mol. The second-order valence-electron chi connectivity index (χ2n) is 5.13. The number of aryl methyl sites for hydroxylation is 1. The summed E-state index contributed by atoms with van der Waals surface area (Å²) in [7, 11) is 0. The van der Waals surface area contributed by atoms with Gasteiger partial charge in [-0.1, -0.05) is 6.07 Å². The summed E-state index contributed by atoms with van der Waals surface area (Å²) < 4.78 is 5.58. The van der Waals surface area contributed by atoms with Gasteiger partial charge in [0.15, 0.2) is 0 Å². The molecule has 2 rings (SSSR count). The van der Waals surface area contributed by atoms with Crippen molar-refractivity contribution in [3.63, 3.8) is 0 Å². The highest BCUT2D eigenvalue weighted by molar-refractivity contribution is 7.98. The Morgan fingerprint density at radius 1 is 1.42 bits per heavy atom. The molecule has 1 aromatic carbocycles. The second-order valence-corrected chi connectivity index (χ2v) is 6.01. The number of nitrogens with zero attached hydrogens (tertiary/aromatic N) is 1. The van der Waals surface area contributed by atoms with E-state index in [0.29, 0.717) is 13.2 Å². The van der Waals surface area contributed by atoms with E-state index in [0.717, 1.165) is 16.0 Å². The van der Waals surface area contributed by atoms with Gasteiger partial charge in [0.2, 0.25) is 0 Å². The van der Waals surface area contributed by atoms with Crippen LogP contribution in [0.3, 0.4) is 0 Å². The molecule has 0 saturated carbocycles. The SMILES string of the molecule is CSc1ccc(C)c(C(=O)N2CC(C)OCC2C)c1. The van der Waals surface area contributed by atoms with Gasteiger partial charge in [0.05, 0.1) is 18.8 Å². The van der Waals surface area contributed by atoms with Gasteiger partial charge in [0, 0.05) is 17.0 Å². The van der Waals surface area contributed by atoms with E-state index in [-0.39, 0.29) is 18.1 Å². The number of carbonyl (C=O) groups is 1. The fourth-order valence-electron chi connectivity index (χ4n) is 2.30. The average Bonchev–Trinajstić information content (AvgIpc) is 2.41. The van der Waals surface area contributed by atoms with Crippen LogP contribution >= 0.6 is 11.8 Å². The second kappa shape index (κ2) is 5.97. The zero-order valence-corrected chi connectivity index (χ0v) is 12.8. The largest absolute Gasteiger partial charge is 0.375 e. The molecule has 19 heavy (non-hydrogen) atoms. The van der Waals surface area contributed by atoms with Crippen LogP contribution in [-0.2, 0) is 4.74 Å². The fourth-order valence-corrected chi connectivity index (χ4v) is 2.74. The van der Waals surface area contributed by atoms with Crippen LogP contribution in [-0.4, -0.2) is 42.4 Å². The summed E-state index contributed by atoms with van der Waals surface area (Å²) in [6, 6.07) is 6.21. The minimum absolute atomic E-state index is 0.115. The van der Waals surface area contributed by atoms with Gasteiger partial charge in [0.25, 0.3) is 5.91 Å².